The van der Waals surface area contributed by atoms with Crippen molar-refractivity contribution in [3.63, 3.8) is 0 Å². The van der Waals surface area contributed by atoms with Gasteiger partial charge in [0.1, 0.15) is 10.7 Å². The average molecular weight is 364 g/mol. The molecule has 1 heterocycles. The number of hydrogen-bond donors (Lipinski definition) is 1. The molecule has 1 N–H and O–H groups in total. The maximum Gasteiger partial charge on any atom is 0.264 e. The molecule has 1 aliphatic heterocycles. The molecule has 0 bridgehead atoms. The molecule has 0 amide bonds. The maximum absolute atomic E-state index is 13.8. The van der Waals surface area contributed by atoms with E-state index in [1.54, 1.807) is 13.2 Å². The number of halogens is 1. The molecule has 1 aliphatic rings. The molecule has 0 fully saturated rings. The molecular formula is C18H21FN2O3S. The minimum atomic E-state index is -3.97. The van der Waals surface area contributed by atoms with Crippen molar-refractivity contribution in [2.45, 2.75) is 17.7 Å². The van der Waals surface area contributed by atoms with E-state index < -0.39 is 15.8 Å². The number of sulfonamides is 1. The number of benzene rings is 2. The summed E-state index contributed by atoms with van der Waals surface area (Å²) in [6.07, 6.45) is 2.01. The van der Waals surface area contributed by atoms with Crippen molar-refractivity contribution in [2.75, 3.05) is 36.4 Å². The summed E-state index contributed by atoms with van der Waals surface area (Å²) >= 11 is 0. The second kappa shape index (κ2) is 7.41. The quantitative estimate of drug-likeness (QED) is 0.856. The van der Waals surface area contributed by atoms with Crippen molar-refractivity contribution >= 4 is 21.4 Å². The van der Waals surface area contributed by atoms with Crippen LogP contribution in [0.25, 0.3) is 0 Å². The van der Waals surface area contributed by atoms with Crippen LogP contribution in [-0.2, 0) is 21.2 Å². The zero-order chi connectivity index (χ0) is 17.9. The molecule has 134 valence electrons. The van der Waals surface area contributed by atoms with E-state index in [4.69, 9.17) is 4.74 Å². The number of aryl methyl sites for hydroxylation is 1. The van der Waals surface area contributed by atoms with Gasteiger partial charge in [0.15, 0.2) is 0 Å². The summed E-state index contributed by atoms with van der Waals surface area (Å²) in [4.78, 5) is 1.83. The van der Waals surface area contributed by atoms with Crippen LogP contribution in [0.15, 0.2) is 47.4 Å². The van der Waals surface area contributed by atoms with E-state index in [0.717, 1.165) is 37.7 Å². The monoisotopic (exact) mass is 364 g/mol. The van der Waals surface area contributed by atoms with Crippen LogP contribution in [0.5, 0.6) is 0 Å². The third-order valence-electron chi connectivity index (χ3n) is 4.24. The van der Waals surface area contributed by atoms with Crippen LogP contribution in [0.1, 0.15) is 12.0 Å². The van der Waals surface area contributed by atoms with Crippen LogP contribution >= 0.6 is 0 Å². The zero-order valence-corrected chi connectivity index (χ0v) is 14.9. The number of anilines is 2. The van der Waals surface area contributed by atoms with Crippen LogP contribution in [0, 0.1) is 5.82 Å². The first-order chi connectivity index (χ1) is 12.0. The lowest BCUT2D eigenvalue weighted by atomic mass is 10.0. The van der Waals surface area contributed by atoms with E-state index in [-0.39, 0.29) is 4.90 Å². The predicted octanol–water partition coefficient (Wildman–Crippen LogP) is 3.03. The van der Waals surface area contributed by atoms with Crippen LogP contribution in [0.4, 0.5) is 15.8 Å². The molecule has 0 saturated carbocycles. The molecule has 5 nitrogen and oxygen atoms in total. The number of methoxy groups -OCH3 is 1. The van der Waals surface area contributed by atoms with E-state index in [2.05, 4.69) is 9.62 Å². The fraction of sp³-hybridized carbons (Fsp3) is 0.333. The predicted molar refractivity (Wildman–Crippen MR) is 96.1 cm³/mol. The fourth-order valence-electron chi connectivity index (χ4n) is 3.02. The summed E-state index contributed by atoms with van der Waals surface area (Å²) in [5, 5.41) is 0. The van der Waals surface area contributed by atoms with Gasteiger partial charge in [-0.05, 0) is 42.7 Å². The number of fused-ring (bicyclic) bond motifs is 1. The zero-order valence-electron chi connectivity index (χ0n) is 14.0. The molecule has 0 unspecified atom stereocenters. The van der Waals surface area contributed by atoms with Crippen LogP contribution < -0.4 is 9.62 Å². The molecular weight excluding hydrogens is 343 g/mol. The molecule has 0 radical (unpaired) electrons. The Bertz CT molecular complexity index is 855. The third-order valence-corrected chi connectivity index (χ3v) is 5.66. The fourth-order valence-corrected chi connectivity index (χ4v) is 4.15. The van der Waals surface area contributed by atoms with Gasteiger partial charge in [0, 0.05) is 25.9 Å². The van der Waals surface area contributed by atoms with E-state index >= 15 is 0 Å². The van der Waals surface area contributed by atoms with Gasteiger partial charge in [-0.3, -0.25) is 4.72 Å². The van der Waals surface area contributed by atoms with Gasteiger partial charge in [0.25, 0.3) is 10.0 Å². The van der Waals surface area contributed by atoms with Crippen molar-refractivity contribution in [1.29, 1.82) is 0 Å². The number of nitrogens with zero attached hydrogens (tertiary/aromatic N) is 1. The second-order valence-electron chi connectivity index (χ2n) is 5.96. The standard InChI is InChI=1S/C18H21FN2O3S/c1-24-12-11-21-10-4-5-14-8-9-15(13-17(14)21)20-25(22,23)18-7-3-2-6-16(18)19/h2-3,6-9,13,20H,4-5,10-12H2,1H3. The molecule has 2 aromatic carbocycles. The van der Waals surface area contributed by atoms with Crippen LogP contribution in [-0.4, -0.2) is 35.2 Å². The van der Waals surface area contributed by atoms with Gasteiger partial charge in [0.2, 0.25) is 0 Å². The van der Waals surface area contributed by atoms with Gasteiger partial charge >= 0.3 is 0 Å². The van der Waals surface area contributed by atoms with Gasteiger partial charge in [0.05, 0.1) is 12.3 Å². The summed E-state index contributed by atoms with van der Waals surface area (Å²) in [5.74, 6) is -0.769. The Morgan fingerprint density at radius 1 is 1.24 bits per heavy atom. The van der Waals surface area contributed by atoms with Gasteiger partial charge in [-0.1, -0.05) is 18.2 Å². The number of nitrogens with one attached hydrogen (secondary N) is 1. The van der Waals surface area contributed by atoms with E-state index in [0.29, 0.717) is 12.3 Å². The second-order valence-corrected chi connectivity index (χ2v) is 7.61. The molecule has 0 aliphatic carbocycles. The molecule has 0 saturated heterocycles. The minimum Gasteiger partial charge on any atom is -0.383 e. The molecule has 7 heteroatoms. The highest BCUT2D eigenvalue weighted by Gasteiger charge is 2.21. The molecule has 0 atom stereocenters. The Labute approximate surface area is 147 Å². The first-order valence-corrected chi connectivity index (χ1v) is 9.64. The Hall–Kier alpha value is -2.12. The number of rotatable bonds is 6. The van der Waals surface area contributed by atoms with Crippen LogP contribution in [0.2, 0.25) is 0 Å². The lowest BCUT2D eigenvalue weighted by Crippen LogP contribution is -2.32. The van der Waals surface area contributed by atoms with Gasteiger partial charge < -0.3 is 9.64 Å². The van der Waals surface area contributed by atoms with Gasteiger partial charge in [-0.2, -0.15) is 0 Å². The van der Waals surface area contributed by atoms with E-state index in [1.165, 1.54) is 23.8 Å². The number of hydrogen-bond acceptors (Lipinski definition) is 4. The third kappa shape index (κ3) is 3.93. The Morgan fingerprint density at radius 2 is 2.04 bits per heavy atom. The normalized spacial score (nSPS) is 14.2. The Balaban J connectivity index is 1.88. The average Bonchev–Trinajstić information content (AvgIpc) is 2.60. The molecule has 0 spiro atoms. The Kier molecular flexibility index (Phi) is 5.24. The smallest absolute Gasteiger partial charge is 0.264 e. The summed E-state index contributed by atoms with van der Waals surface area (Å²) in [6, 6.07) is 10.8. The van der Waals surface area contributed by atoms with Crippen LogP contribution in [0.3, 0.4) is 0 Å². The Morgan fingerprint density at radius 3 is 2.80 bits per heavy atom. The lowest BCUT2D eigenvalue weighted by molar-refractivity contribution is 0.205. The minimum absolute atomic E-state index is 0.357. The van der Waals surface area contributed by atoms with Crippen molar-refractivity contribution in [2.24, 2.45) is 0 Å². The van der Waals surface area contributed by atoms with Gasteiger partial charge in [-0.25, -0.2) is 12.8 Å². The maximum atomic E-state index is 13.8. The molecule has 2 aromatic rings. The lowest BCUT2D eigenvalue weighted by Gasteiger charge is -2.31. The van der Waals surface area contributed by atoms with Gasteiger partial charge in [-0.15, -0.1) is 0 Å². The first-order valence-electron chi connectivity index (χ1n) is 8.15. The molecule has 0 aromatic heterocycles. The van der Waals surface area contributed by atoms with Crippen molar-refractivity contribution in [3.8, 4) is 0 Å². The van der Waals surface area contributed by atoms with Crippen molar-refractivity contribution in [3.05, 3.63) is 53.8 Å². The number of ether oxygens (including phenoxy) is 1. The highest BCUT2D eigenvalue weighted by molar-refractivity contribution is 7.92. The highest BCUT2D eigenvalue weighted by atomic mass is 32.2. The summed E-state index contributed by atoms with van der Waals surface area (Å²) in [7, 11) is -2.32. The highest BCUT2D eigenvalue weighted by Crippen LogP contribution is 2.31. The SMILES string of the molecule is COCCN1CCCc2ccc(NS(=O)(=O)c3ccccc3F)cc21. The van der Waals surface area contributed by atoms with Crippen molar-refractivity contribution < 1.29 is 17.5 Å². The van der Waals surface area contributed by atoms with E-state index in [1.807, 2.05) is 12.1 Å². The van der Waals surface area contributed by atoms with Crippen molar-refractivity contribution in [1.82, 2.24) is 0 Å². The summed E-state index contributed by atoms with van der Waals surface area (Å²) in [6.45, 7) is 2.25. The topological polar surface area (TPSA) is 58.6 Å². The summed E-state index contributed by atoms with van der Waals surface area (Å²) < 4.78 is 46.4. The van der Waals surface area contributed by atoms with E-state index in [9.17, 15) is 12.8 Å². The largest absolute Gasteiger partial charge is 0.383 e. The molecule has 3 rings (SSSR count). The first kappa shape index (κ1) is 17.7. The molecule has 25 heavy (non-hydrogen) atoms. The summed E-state index contributed by atoms with van der Waals surface area (Å²) in [5.41, 5.74) is 2.60.